The van der Waals surface area contributed by atoms with Gasteiger partial charge in [-0.2, -0.15) is 8.78 Å². The number of aryl methyl sites for hydroxylation is 1. The van der Waals surface area contributed by atoms with Gasteiger partial charge in [0.05, 0.1) is 12.8 Å². The van der Waals surface area contributed by atoms with Crippen molar-refractivity contribution in [3.63, 3.8) is 0 Å². The van der Waals surface area contributed by atoms with Gasteiger partial charge in [0.1, 0.15) is 5.75 Å². The summed E-state index contributed by atoms with van der Waals surface area (Å²) in [5.74, 6) is 0.541. The molecule has 0 saturated carbocycles. The van der Waals surface area contributed by atoms with Crippen molar-refractivity contribution >= 4 is 35.8 Å². The second-order valence-corrected chi connectivity index (χ2v) is 5.84. The zero-order valence-corrected chi connectivity index (χ0v) is 18.5. The maximum Gasteiger partial charge on any atom is 0.387 e. The van der Waals surface area contributed by atoms with Crippen LogP contribution in [0.3, 0.4) is 0 Å². The second-order valence-electron chi connectivity index (χ2n) is 5.84. The normalized spacial score (nSPS) is 11.0. The number of carbonyl (C=O) groups is 1. The van der Waals surface area contributed by atoms with Crippen LogP contribution in [0.4, 0.5) is 8.78 Å². The molecular formula is C19H25F2IN4O3. The molecule has 0 spiro atoms. The van der Waals surface area contributed by atoms with Crippen LogP contribution in [0.25, 0.3) is 0 Å². The number of ether oxygens (including phenoxy) is 1. The molecule has 2 aromatic rings. The Morgan fingerprint density at radius 1 is 1.21 bits per heavy atom. The summed E-state index contributed by atoms with van der Waals surface area (Å²) in [4.78, 5) is 16.2. The standard InChI is InChI=1S/C19H24F2N4O3.HI/c1-3-22-19(24-9-8-23-17(26)16-5-4-10-27-16)25-12-14-11-13(2)6-7-15(14)28-18(20)21;/h4-7,10-11,18H,3,8-9,12H2,1-2H3,(H,23,26)(H2,22,24,25);1H. The maximum atomic E-state index is 12.6. The van der Waals surface area contributed by atoms with Crippen molar-refractivity contribution in [3.05, 3.63) is 53.5 Å². The van der Waals surface area contributed by atoms with Gasteiger partial charge in [-0.25, -0.2) is 4.99 Å². The molecule has 1 heterocycles. The van der Waals surface area contributed by atoms with E-state index in [0.717, 1.165) is 5.56 Å². The summed E-state index contributed by atoms with van der Waals surface area (Å²) in [6.45, 7) is 2.45. The molecule has 0 unspecified atom stereocenters. The van der Waals surface area contributed by atoms with Crippen LogP contribution in [0.1, 0.15) is 28.6 Å². The minimum atomic E-state index is -2.89. The second kappa shape index (κ2) is 13.0. The van der Waals surface area contributed by atoms with Crippen molar-refractivity contribution in [1.29, 1.82) is 0 Å². The molecule has 0 aliphatic rings. The number of amides is 1. The van der Waals surface area contributed by atoms with Gasteiger partial charge in [0.15, 0.2) is 11.7 Å². The number of nitrogens with one attached hydrogen (secondary N) is 3. The summed E-state index contributed by atoms with van der Waals surface area (Å²) in [5.41, 5.74) is 1.48. The molecule has 0 aliphatic carbocycles. The number of alkyl halides is 2. The predicted octanol–water partition coefficient (Wildman–Crippen LogP) is 3.29. The Morgan fingerprint density at radius 2 is 1.97 bits per heavy atom. The zero-order valence-electron chi connectivity index (χ0n) is 16.2. The summed E-state index contributed by atoms with van der Waals surface area (Å²) >= 11 is 0. The molecule has 10 heteroatoms. The Labute approximate surface area is 185 Å². The van der Waals surface area contributed by atoms with Crippen LogP contribution in [0.15, 0.2) is 46.0 Å². The molecule has 3 N–H and O–H groups in total. The van der Waals surface area contributed by atoms with Crippen molar-refractivity contribution in [2.24, 2.45) is 4.99 Å². The molecule has 1 aromatic heterocycles. The molecule has 0 bridgehead atoms. The number of hydrogen-bond acceptors (Lipinski definition) is 4. The number of furan rings is 1. The van der Waals surface area contributed by atoms with E-state index in [1.165, 1.54) is 12.3 Å². The molecular weight excluding hydrogens is 497 g/mol. The third-order valence-electron chi connectivity index (χ3n) is 3.63. The van der Waals surface area contributed by atoms with Crippen molar-refractivity contribution in [1.82, 2.24) is 16.0 Å². The summed E-state index contributed by atoms with van der Waals surface area (Å²) in [6, 6.07) is 8.19. The Bertz CT molecular complexity index is 786. The lowest BCUT2D eigenvalue weighted by Crippen LogP contribution is -2.41. The topological polar surface area (TPSA) is 87.9 Å². The van der Waals surface area contributed by atoms with Crippen LogP contribution in [0, 0.1) is 6.92 Å². The highest BCUT2D eigenvalue weighted by Gasteiger charge is 2.10. The van der Waals surface area contributed by atoms with Gasteiger partial charge in [-0.15, -0.1) is 24.0 Å². The molecule has 0 atom stereocenters. The average Bonchev–Trinajstić information content (AvgIpc) is 3.19. The minimum absolute atomic E-state index is 0. The largest absolute Gasteiger partial charge is 0.459 e. The first-order valence-electron chi connectivity index (χ1n) is 8.87. The summed E-state index contributed by atoms with van der Waals surface area (Å²) in [5, 5.41) is 8.85. The molecule has 160 valence electrons. The molecule has 29 heavy (non-hydrogen) atoms. The van der Waals surface area contributed by atoms with Gasteiger partial charge in [-0.1, -0.05) is 17.7 Å². The monoisotopic (exact) mass is 522 g/mol. The van der Waals surface area contributed by atoms with Gasteiger partial charge in [0.25, 0.3) is 5.91 Å². The van der Waals surface area contributed by atoms with E-state index in [0.29, 0.717) is 31.2 Å². The third-order valence-corrected chi connectivity index (χ3v) is 3.63. The zero-order chi connectivity index (χ0) is 20.4. The van der Waals surface area contributed by atoms with E-state index in [-0.39, 0.29) is 47.9 Å². The Balaban J connectivity index is 0.00000420. The summed E-state index contributed by atoms with van der Waals surface area (Å²) < 4.78 is 34.7. The van der Waals surface area contributed by atoms with Crippen molar-refractivity contribution in [2.45, 2.75) is 27.0 Å². The number of rotatable bonds is 9. The number of aliphatic imine (C=N–C) groups is 1. The fourth-order valence-corrected chi connectivity index (χ4v) is 2.40. The third kappa shape index (κ3) is 8.67. The Hall–Kier alpha value is -2.37. The van der Waals surface area contributed by atoms with Gasteiger partial charge < -0.3 is 25.1 Å². The lowest BCUT2D eigenvalue weighted by atomic mass is 10.1. The van der Waals surface area contributed by atoms with E-state index in [1.54, 1.807) is 24.3 Å². The van der Waals surface area contributed by atoms with Crippen molar-refractivity contribution < 1.29 is 22.7 Å². The minimum Gasteiger partial charge on any atom is -0.459 e. The van der Waals surface area contributed by atoms with Crippen LogP contribution in [0.5, 0.6) is 5.75 Å². The van der Waals surface area contributed by atoms with E-state index in [4.69, 9.17) is 4.42 Å². The number of guanidine groups is 1. The van der Waals surface area contributed by atoms with Crippen LogP contribution in [-0.4, -0.2) is 38.1 Å². The van der Waals surface area contributed by atoms with Crippen LogP contribution in [0.2, 0.25) is 0 Å². The van der Waals surface area contributed by atoms with E-state index in [9.17, 15) is 13.6 Å². The SMILES string of the molecule is CCNC(=NCc1cc(C)ccc1OC(F)F)NCCNC(=O)c1ccco1.I. The molecule has 0 fully saturated rings. The first-order chi connectivity index (χ1) is 13.5. The molecule has 7 nitrogen and oxygen atoms in total. The van der Waals surface area contributed by atoms with Crippen LogP contribution < -0.4 is 20.7 Å². The Kier molecular flexibility index (Phi) is 11.0. The quantitative estimate of drug-likeness (QED) is 0.204. The molecule has 0 aliphatic heterocycles. The van der Waals surface area contributed by atoms with Gasteiger partial charge in [0.2, 0.25) is 0 Å². The number of hydrogen-bond donors (Lipinski definition) is 3. The van der Waals surface area contributed by atoms with Crippen LogP contribution in [-0.2, 0) is 6.54 Å². The lowest BCUT2D eigenvalue weighted by molar-refractivity contribution is -0.0504. The fraction of sp³-hybridized carbons (Fsp3) is 0.368. The first kappa shape index (κ1) is 24.7. The van der Waals surface area contributed by atoms with Crippen molar-refractivity contribution in [3.8, 4) is 5.75 Å². The van der Waals surface area contributed by atoms with E-state index in [2.05, 4.69) is 25.7 Å². The van der Waals surface area contributed by atoms with Gasteiger partial charge in [-0.3, -0.25) is 4.79 Å². The van der Waals surface area contributed by atoms with Crippen LogP contribution >= 0.6 is 24.0 Å². The molecule has 0 saturated heterocycles. The molecule has 1 aromatic carbocycles. The highest BCUT2D eigenvalue weighted by atomic mass is 127. The number of carbonyl (C=O) groups excluding carboxylic acids is 1. The van der Waals surface area contributed by atoms with Gasteiger partial charge in [-0.05, 0) is 32.0 Å². The van der Waals surface area contributed by atoms with Gasteiger partial charge in [0, 0.05) is 25.2 Å². The predicted molar refractivity (Wildman–Crippen MR) is 117 cm³/mol. The highest BCUT2D eigenvalue weighted by Crippen LogP contribution is 2.22. The average molecular weight is 522 g/mol. The highest BCUT2D eigenvalue weighted by molar-refractivity contribution is 14.0. The number of nitrogens with zero attached hydrogens (tertiary/aromatic N) is 1. The van der Waals surface area contributed by atoms with Gasteiger partial charge >= 0.3 is 6.61 Å². The van der Waals surface area contributed by atoms with E-state index >= 15 is 0 Å². The Morgan fingerprint density at radius 3 is 2.62 bits per heavy atom. The number of halogens is 3. The van der Waals surface area contributed by atoms with E-state index < -0.39 is 6.61 Å². The molecule has 1 amide bonds. The molecule has 0 radical (unpaired) electrons. The summed E-state index contributed by atoms with van der Waals surface area (Å²) in [6.07, 6.45) is 1.43. The fourth-order valence-electron chi connectivity index (χ4n) is 2.40. The summed E-state index contributed by atoms with van der Waals surface area (Å²) in [7, 11) is 0. The number of benzene rings is 1. The molecule has 2 rings (SSSR count). The van der Waals surface area contributed by atoms with Crippen molar-refractivity contribution in [2.75, 3.05) is 19.6 Å². The first-order valence-corrected chi connectivity index (χ1v) is 8.87. The maximum absolute atomic E-state index is 12.6. The lowest BCUT2D eigenvalue weighted by Gasteiger charge is -2.13. The smallest absolute Gasteiger partial charge is 0.387 e. The van der Waals surface area contributed by atoms with E-state index in [1.807, 2.05) is 13.8 Å².